The van der Waals surface area contributed by atoms with E-state index in [0.717, 1.165) is 11.8 Å². The predicted molar refractivity (Wildman–Crippen MR) is 59.4 cm³/mol. The molecule has 0 radical (unpaired) electrons. The first-order chi connectivity index (χ1) is 6.54. The third-order valence-corrected chi connectivity index (χ3v) is 3.39. The van der Waals surface area contributed by atoms with E-state index in [-0.39, 0.29) is 0 Å². The van der Waals surface area contributed by atoms with Crippen molar-refractivity contribution >= 4 is 51.7 Å². The SMILES string of the molecule is O=C(CO)Sc1cc(Cl)c(Cl)cc1Cl. The van der Waals surface area contributed by atoms with Gasteiger partial charge in [0.1, 0.15) is 6.61 Å². The predicted octanol–water partition coefficient (Wildman–Crippen LogP) is 3.26. The summed E-state index contributed by atoms with van der Waals surface area (Å²) >= 11 is 18.1. The van der Waals surface area contributed by atoms with Gasteiger partial charge in [-0.15, -0.1) is 0 Å². The molecular formula is C8H5Cl3O2S. The van der Waals surface area contributed by atoms with Gasteiger partial charge in [-0.25, -0.2) is 0 Å². The van der Waals surface area contributed by atoms with E-state index in [1.807, 2.05) is 0 Å². The summed E-state index contributed by atoms with van der Waals surface area (Å²) in [6, 6.07) is 2.95. The van der Waals surface area contributed by atoms with E-state index in [1.54, 1.807) is 0 Å². The van der Waals surface area contributed by atoms with Crippen LogP contribution in [0.2, 0.25) is 15.1 Å². The van der Waals surface area contributed by atoms with Gasteiger partial charge in [-0.2, -0.15) is 0 Å². The van der Waals surface area contributed by atoms with Crippen LogP contribution in [0.1, 0.15) is 0 Å². The molecule has 0 bridgehead atoms. The minimum Gasteiger partial charge on any atom is -0.388 e. The Hall–Kier alpha value is 0.0700. The number of hydrogen-bond acceptors (Lipinski definition) is 3. The summed E-state index contributed by atoms with van der Waals surface area (Å²) < 4.78 is 0. The van der Waals surface area contributed by atoms with Gasteiger partial charge in [-0.05, 0) is 23.9 Å². The maximum absolute atomic E-state index is 10.9. The highest BCUT2D eigenvalue weighted by Gasteiger charge is 2.10. The molecule has 0 heterocycles. The quantitative estimate of drug-likeness (QED) is 0.663. The van der Waals surface area contributed by atoms with E-state index >= 15 is 0 Å². The summed E-state index contributed by atoms with van der Waals surface area (Å²) in [5.41, 5.74) is 0. The smallest absolute Gasteiger partial charge is 0.219 e. The molecule has 0 aromatic heterocycles. The van der Waals surface area contributed by atoms with Gasteiger partial charge in [0.05, 0.1) is 15.1 Å². The zero-order valence-corrected chi connectivity index (χ0v) is 9.84. The van der Waals surface area contributed by atoms with E-state index in [1.165, 1.54) is 12.1 Å². The minimum absolute atomic E-state index is 0.323. The highest BCUT2D eigenvalue weighted by molar-refractivity contribution is 8.13. The molecule has 0 aliphatic carbocycles. The molecule has 6 heteroatoms. The zero-order chi connectivity index (χ0) is 10.7. The second kappa shape index (κ2) is 5.24. The fourth-order valence-electron chi connectivity index (χ4n) is 0.737. The minimum atomic E-state index is -0.540. The first-order valence-electron chi connectivity index (χ1n) is 3.50. The summed E-state index contributed by atoms with van der Waals surface area (Å²) in [4.78, 5) is 11.4. The maximum Gasteiger partial charge on any atom is 0.219 e. The van der Waals surface area contributed by atoms with E-state index in [2.05, 4.69) is 0 Å². The summed E-state index contributed by atoms with van der Waals surface area (Å²) in [5, 5.41) is 9.13. The lowest BCUT2D eigenvalue weighted by atomic mass is 10.4. The number of hydrogen-bond donors (Lipinski definition) is 1. The summed E-state index contributed by atoms with van der Waals surface area (Å²) in [6.45, 7) is -0.540. The monoisotopic (exact) mass is 270 g/mol. The number of aliphatic hydroxyl groups is 1. The highest BCUT2D eigenvalue weighted by Crippen LogP contribution is 2.34. The van der Waals surface area contributed by atoms with Gasteiger partial charge in [0.2, 0.25) is 5.12 Å². The number of thioether (sulfide) groups is 1. The molecule has 0 aliphatic heterocycles. The average Bonchev–Trinajstić information content (AvgIpc) is 2.14. The van der Waals surface area contributed by atoms with E-state index < -0.39 is 11.7 Å². The molecule has 1 N–H and O–H groups in total. The largest absolute Gasteiger partial charge is 0.388 e. The fourth-order valence-corrected chi connectivity index (χ4v) is 2.11. The molecule has 0 atom stereocenters. The van der Waals surface area contributed by atoms with Crippen molar-refractivity contribution in [3.05, 3.63) is 27.2 Å². The van der Waals surface area contributed by atoms with Crippen molar-refractivity contribution in [1.82, 2.24) is 0 Å². The van der Waals surface area contributed by atoms with Crippen molar-refractivity contribution < 1.29 is 9.90 Å². The lowest BCUT2D eigenvalue weighted by molar-refractivity contribution is -0.113. The van der Waals surface area contributed by atoms with Crippen LogP contribution in [0.3, 0.4) is 0 Å². The third-order valence-electron chi connectivity index (χ3n) is 1.33. The number of benzene rings is 1. The number of carbonyl (C=O) groups excluding carboxylic acids is 1. The molecule has 0 saturated heterocycles. The normalized spacial score (nSPS) is 10.3. The number of carbonyl (C=O) groups is 1. The van der Waals surface area contributed by atoms with Gasteiger partial charge >= 0.3 is 0 Å². The molecule has 0 aliphatic rings. The molecule has 0 unspecified atom stereocenters. The van der Waals surface area contributed by atoms with Crippen LogP contribution in [0.5, 0.6) is 0 Å². The van der Waals surface area contributed by atoms with Crippen molar-refractivity contribution in [2.45, 2.75) is 4.90 Å². The Morgan fingerprint density at radius 1 is 1.21 bits per heavy atom. The summed E-state index contributed by atoms with van der Waals surface area (Å²) in [6.07, 6.45) is 0. The molecule has 0 spiro atoms. The van der Waals surface area contributed by atoms with E-state index in [9.17, 15) is 4.79 Å². The Morgan fingerprint density at radius 2 is 1.79 bits per heavy atom. The molecule has 0 amide bonds. The van der Waals surface area contributed by atoms with Crippen LogP contribution < -0.4 is 0 Å². The van der Waals surface area contributed by atoms with Crippen LogP contribution in [0, 0.1) is 0 Å². The number of aliphatic hydroxyl groups excluding tert-OH is 1. The number of rotatable bonds is 2. The van der Waals surface area contributed by atoms with Crippen molar-refractivity contribution in [3.8, 4) is 0 Å². The third kappa shape index (κ3) is 3.04. The molecule has 1 rings (SSSR count). The Labute approximate surface area is 100 Å². The average molecular weight is 272 g/mol. The topological polar surface area (TPSA) is 37.3 Å². The van der Waals surface area contributed by atoms with Gasteiger partial charge < -0.3 is 5.11 Å². The van der Waals surface area contributed by atoms with Crippen molar-refractivity contribution in [1.29, 1.82) is 0 Å². The van der Waals surface area contributed by atoms with Crippen LogP contribution in [-0.2, 0) is 4.79 Å². The Bertz CT molecular complexity index is 368. The molecule has 0 saturated carbocycles. The first-order valence-corrected chi connectivity index (χ1v) is 5.45. The molecule has 76 valence electrons. The molecule has 1 aromatic carbocycles. The van der Waals surface area contributed by atoms with Gasteiger partial charge in [-0.3, -0.25) is 4.79 Å². The first kappa shape index (κ1) is 12.1. The van der Waals surface area contributed by atoms with Crippen LogP contribution >= 0.6 is 46.6 Å². The highest BCUT2D eigenvalue weighted by atomic mass is 35.5. The van der Waals surface area contributed by atoms with Crippen molar-refractivity contribution in [3.63, 3.8) is 0 Å². The van der Waals surface area contributed by atoms with Crippen LogP contribution in [0.15, 0.2) is 17.0 Å². The lowest BCUT2D eigenvalue weighted by Crippen LogP contribution is -1.97. The van der Waals surface area contributed by atoms with Gasteiger partial charge in [0.25, 0.3) is 0 Å². The summed E-state index contributed by atoms with van der Waals surface area (Å²) in [5.74, 6) is 0. The molecular weight excluding hydrogens is 267 g/mol. The second-order valence-electron chi connectivity index (χ2n) is 2.33. The second-order valence-corrected chi connectivity index (χ2v) is 4.65. The van der Waals surface area contributed by atoms with Crippen LogP contribution in [-0.4, -0.2) is 16.8 Å². The lowest BCUT2D eigenvalue weighted by Gasteiger charge is -2.03. The van der Waals surface area contributed by atoms with Gasteiger partial charge in [0.15, 0.2) is 0 Å². The zero-order valence-electron chi connectivity index (χ0n) is 6.76. The Morgan fingerprint density at radius 3 is 2.36 bits per heavy atom. The molecule has 1 aromatic rings. The van der Waals surface area contributed by atoms with Crippen LogP contribution in [0.4, 0.5) is 0 Å². The Kier molecular flexibility index (Phi) is 4.54. The maximum atomic E-state index is 10.9. The molecule has 14 heavy (non-hydrogen) atoms. The van der Waals surface area contributed by atoms with Gasteiger partial charge in [-0.1, -0.05) is 34.8 Å². The Balaban J connectivity index is 2.98. The fraction of sp³-hybridized carbons (Fsp3) is 0.125. The standard InChI is InChI=1S/C8H5Cl3O2S/c9-4-1-6(11)7(2-5(4)10)14-8(13)3-12/h1-2,12H,3H2. The number of halogens is 3. The van der Waals surface area contributed by atoms with Gasteiger partial charge in [0, 0.05) is 4.90 Å². The molecule has 2 nitrogen and oxygen atoms in total. The van der Waals surface area contributed by atoms with Crippen molar-refractivity contribution in [2.24, 2.45) is 0 Å². The van der Waals surface area contributed by atoms with Crippen LogP contribution in [0.25, 0.3) is 0 Å². The van der Waals surface area contributed by atoms with Crippen molar-refractivity contribution in [2.75, 3.05) is 6.61 Å². The summed E-state index contributed by atoms with van der Waals surface area (Å²) in [7, 11) is 0. The van der Waals surface area contributed by atoms with E-state index in [0.29, 0.717) is 20.0 Å². The van der Waals surface area contributed by atoms with E-state index in [4.69, 9.17) is 39.9 Å². The molecule has 0 fully saturated rings.